The fourth-order valence-electron chi connectivity index (χ4n) is 2.28. The number of azo groups is 1. The molecule has 0 fully saturated rings. The number of benzene rings is 2. The Bertz CT molecular complexity index is 1150. The van der Waals surface area contributed by atoms with Crippen molar-refractivity contribution < 1.29 is 13.5 Å². The summed E-state index contributed by atoms with van der Waals surface area (Å²) in [5, 5.41) is 18.1. The van der Waals surface area contributed by atoms with Crippen LogP contribution in [0.15, 0.2) is 81.0 Å². The van der Waals surface area contributed by atoms with Gasteiger partial charge in [-0.2, -0.15) is 10.2 Å². The van der Waals surface area contributed by atoms with Crippen LogP contribution in [0.4, 0.5) is 17.3 Å². The molecule has 10 nitrogen and oxygen atoms in total. The Labute approximate surface area is 173 Å². The number of rotatable bonds is 8. The molecule has 154 valence electrons. The Morgan fingerprint density at radius 2 is 1.70 bits per heavy atom. The number of nitrogens with zero attached hydrogens (tertiary/aromatic N) is 5. The Kier molecular flexibility index (Phi) is 6.78. The van der Waals surface area contributed by atoms with Crippen LogP contribution >= 0.6 is 0 Å². The number of aromatic hydroxyl groups is 1. The standard InChI is InChI=1S/C19H19N7O3S/c20-8-11-21-13-14-12-16(4-7-18(14)27)25-24-15-2-5-17(6-3-15)30(28,29)26-19-22-9-1-10-23-19/h1-7,9-10,12-13,27H,8,11,20H2,(H,22,23,26). The van der Waals surface area contributed by atoms with Crippen LogP contribution in [0.3, 0.4) is 0 Å². The molecule has 0 saturated carbocycles. The van der Waals surface area contributed by atoms with Crippen molar-refractivity contribution in [3.05, 3.63) is 66.5 Å². The molecule has 3 aromatic rings. The summed E-state index contributed by atoms with van der Waals surface area (Å²) in [7, 11) is -3.82. The highest BCUT2D eigenvalue weighted by Crippen LogP contribution is 2.25. The number of hydrogen-bond donors (Lipinski definition) is 3. The normalized spacial score (nSPS) is 11.9. The van der Waals surface area contributed by atoms with Crippen LogP contribution in [0.2, 0.25) is 0 Å². The third-order valence-electron chi connectivity index (χ3n) is 3.72. The van der Waals surface area contributed by atoms with E-state index in [1.807, 2.05) is 0 Å². The van der Waals surface area contributed by atoms with Crippen LogP contribution in [0.25, 0.3) is 0 Å². The highest BCUT2D eigenvalue weighted by molar-refractivity contribution is 7.92. The smallest absolute Gasteiger partial charge is 0.264 e. The lowest BCUT2D eigenvalue weighted by atomic mass is 10.2. The number of nitrogens with one attached hydrogen (secondary N) is 1. The number of sulfonamides is 1. The molecule has 2 aromatic carbocycles. The third-order valence-corrected chi connectivity index (χ3v) is 5.06. The summed E-state index contributed by atoms with van der Waals surface area (Å²) in [6, 6.07) is 12.2. The summed E-state index contributed by atoms with van der Waals surface area (Å²) >= 11 is 0. The molecule has 0 aliphatic rings. The topological polar surface area (TPSA) is 155 Å². The molecule has 0 unspecified atom stereocenters. The molecular formula is C19H19N7O3S. The number of aliphatic imine (C=N–C) groups is 1. The first kappa shape index (κ1) is 21.0. The Morgan fingerprint density at radius 3 is 2.40 bits per heavy atom. The maximum absolute atomic E-state index is 12.4. The minimum Gasteiger partial charge on any atom is -0.507 e. The van der Waals surface area contributed by atoms with Crippen molar-refractivity contribution in [2.45, 2.75) is 4.90 Å². The highest BCUT2D eigenvalue weighted by atomic mass is 32.2. The quantitative estimate of drug-likeness (QED) is 0.372. The Hall–Kier alpha value is -3.70. The summed E-state index contributed by atoms with van der Waals surface area (Å²) in [6.45, 7) is 0.863. The SMILES string of the molecule is NCCN=Cc1cc(N=Nc2ccc(S(=O)(=O)Nc3ncccn3)cc2)ccc1O. The zero-order valence-corrected chi connectivity index (χ0v) is 16.6. The zero-order chi connectivity index (χ0) is 21.4. The predicted molar refractivity (Wildman–Crippen MR) is 113 cm³/mol. The van der Waals surface area contributed by atoms with Crippen molar-refractivity contribution in [3.63, 3.8) is 0 Å². The van der Waals surface area contributed by atoms with Gasteiger partial charge in [-0.25, -0.2) is 23.1 Å². The summed E-state index contributed by atoms with van der Waals surface area (Å²) < 4.78 is 27.1. The van der Waals surface area contributed by atoms with E-state index in [1.54, 1.807) is 18.2 Å². The van der Waals surface area contributed by atoms with Gasteiger partial charge in [0.1, 0.15) is 5.75 Å². The lowest BCUT2D eigenvalue weighted by Crippen LogP contribution is -2.14. The second-order valence-corrected chi connectivity index (χ2v) is 7.62. The molecule has 0 saturated heterocycles. The minimum absolute atomic E-state index is 0.0144. The first-order valence-corrected chi connectivity index (χ1v) is 10.3. The third kappa shape index (κ3) is 5.65. The molecule has 4 N–H and O–H groups in total. The molecular weight excluding hydrogens is 406 g/mol. The summed E-state index contributed by atoms with van der Waals surface area (Å²) in [5.74, 6) is 0.0542. The van der Waals surface area contributed by atoms with Gasteiger partial charge < -0.3 is 10.8 Å². The fraction of sp³-hybridized carbons (Fsp3) is 0.105. The summed E-state index contributed by atoms with van der Waals surface area (Å²) in [6.07, 6.45) is 4.39. The number of hydrogen-bond acceptors (Lipinski definition) is 9. The van der Waals surface area contributed by atoms with Crippen molar-refractivity contribution in [1.82, 2.24) is 9.97 Å². The molecule has 0 amide bonds. The van der Waals surface area contributed by atoms with Crippen molar-refractivity contribution in [1.29, 1.82) is 0 Å². The minimum atomic E-state index is -3.82. The van der Waals surface area contributed by atoms with E-state index in [9.17, 15) is 13.5 Å². The Balaban J connectivity index is 1.72. The van der Waals surface area contributed by atoms with Crippen molar-refractivity contribution in [3.8, 4) is 5.75 Å². The van der Waals surface area contributed by atoms with Crippen LogP contribution in [0.5, 0.6) is 5.75 Å². The van der Waals surface area contributed by atoms with Crippen LogP contribution in [0.1, 0.15) is 5.56 Å². The van der Waals surface area contributed by atoms with Gasteiger partial charge in [-0.3, -0.25) is 4.99 Å². The first-order chi connectivity index (χ1) is 14.5. The predicted octanol–water partition coefficient (Wildman–Crippen LogP) is 2.78. The number of phenolic OH excluding ortho intramolecular Hbond substituents is 1. The van der Waals surface area contributed by atoms with Crippen LogP contribution in [-0.4, -0.2) is 42.8 Å². The van der Waals surface area contributed by atoms with Gasteiger partial charge in [-0.05, 0) is 48.5 Å². The van der Waals surface area contributed by atoms with Gasteiger partial charge in [0.05, 0.1) is 22.8 Å². The number of phenols is 1. The maximum atomic E-state index is 12.4. The molecule has 0 aliphatic heterocycles. The first-order valence-electron chi connectivity index (χ1n) is 8.82. The van der Waals surface area contributed by atoms with E-state index in [2.05, 4.69) is 29.9 Å². The van der Waals surface area contributed by atoms with Gasteiger partial charge in [0.2, 0.25) is 5.95 Å². The van der Waals surface area contributed by atoms with E-state index >= 15 is 0 Å². The monoisotopic (exact) mass is 425 g/mol. The van der Waals surface area contributed by atoms with Crippen molar-refractivity contribution >= 4 is 33.6 Å². The zero-order valence-electron chi connectivity index (χ0n) is 15.8. The van der Waals surface area contributed by atoms with Gasteiger partial charge in [0.25, 0.3) is 10.0 Å². The maximum Gasteiger partial charge on any atom is 0.264 e. The van der Waals surface area contributed by atoms with Gasteiger partial charge in [0.15, 0.2) is 0 Å². The molecule has 0 atom stereocenters. The molecule has 30 heavy (non-hydrogen) atoms. The number of anilines is 1. The number of aromatic nitrogens is 2. The second-order valence-electron chi connectivity index (χ2n) is 5.94. The highest BCUT2D eigenvalue weighted by Gasteiger charge is 2.15. The molecule has 0 aliphatic carbocycles. The van der Waals surface area contributed by atoms with E-state index in [1.165, 1.54) is 48.9 Å². The van der Waals surface area contributed by atoms with Gasteiger partial charge >= 0.3 is 0 Å². The van der Waals surface area contributed by atoms with E-state index in [4.69, 9.17) is 5.73 Å². The second kappa shape index (κ2) is 9.67. The lowest BCUT2D eigenvalue weighted by Gasteiger charge is -2.06. The summed E-state index contributed by atoms with van der Waals surface area (Å²) in [5.41, 5.74) is 6.84. The van der Waals surface area contributed by atoms with E-state index in [0.717, 1.165) is 0 Å². The van der Waals surface area contributed by atoms with Crippen LogP contribution < -0.4 is 10.5 Å². The lowest BCUT2D eigenvalue weighted by molar-refractivity contribution is 0.474. The van der Waals surface area contributed by atoms with Crippen LogP contribution in [-0.2, 0) is 10.0 Å². The molecule has 3 rings (SSSR count). The average molecular weight is 425 g/mol. The van der Waals surface area contributed by atoms with E-state index in [0.29, 0.717) is 30.0 Å². The molecule has 0 radical (unpaired) electrons. The van der Waals surface area contributed by atoms with Crippen LogP contribution in [0, 0.1) is 0 Å². The average Bonchev–Trinajstić information content (AvgIpc) is 2.75. The number of nitrogens with two attached hydrogens (primary N) is 1. The fourth-order valence-corrected chi connectivity index (χ4v) is 3.24. The summed E-state index contributed by atoms with van der Waals surface area (Å²) in [4.78, 5) is 11.8. The van der Waals surface area contributed by atoms with Crippen molar-refractivity contribution in [2.75, 3.05) is 17.8 Å². The molecule has 11 heteroatoms. The van der Waals surface area contributed by atoms with Crippen molar-refractivity contribution in [2.24, 2.45) is 21.0 Å². The van der Waals surface area contributed by atoms with E-state index in [-0.39, 0.29) is 16.6 Å². The van der Waals surface area contributed by atoms with Gasteiger partial charge in [-0.1, -0.05) is 0 Å². The largest absolute Gasteiger partial charge is 0.507 e. The van der Waals surface area contributed by atoms with Gasteiger partial charge in [0, 0.05) is 30.7 Å². The Morgan fingerprint density at radius 1 is 1.03 bits per heavy atom. The van der Waals surface area contributed by atoms with E-state index < -0.39 is 10.0 Å². The molecule has 0 spiro atoms. The molecule has 1 heterocycles. The van der Waals surface area contributed by atoms with Gasteiger partial charge in [-0.15, -0.1) is 0 Å². The molecule has 0 bridgehead atoms. The molecule has 1 aromatic heterocycles.